The van der Waals surface area contributed by atoms with Gasteiger partial charge in [0.15, 0.2) is 0 Å². The minimum atomic E-state index is -0.442. The molecule has 1 aromatic rings. The van der Waals surface area contributed by atoms with Gasteiger partial charge in [0.25, 0.3) is 0 Å². The van der Waals surface area contributed by atoms with E-state index in [9.17, 15) is 14.9 Å². The van der Waals surface area contributed by atoms with E-state index in [-0.39, 0.29) is 23.6 Å². The van der Waals surface area contributed by atoms with Gasteiger partial charge < -0.3 is 19.9 Å². The molecule has 2 rings (SSSR count). The second kappa shape index (κ2) is 10.4. The van der Waals surface area contributed by atoms with E-state index in [0.717, 1.165) is 0 Å². The Labute approximate surface area is 154 Å². The molecule has 26 heavy (non-hydrogen) atoms. The molecule has 1 N–H and O–H groups in total. The summed E-state index contributed by atoms with van der Waals surface area (Å²) in [5.74, 6) is 0.910. The average molecular weight is 367 g/mol. The first kappa shape index (κ1) is 21.5. The molecule has 1 aliphatic heterocycles. The van der Waals surface area contributed by atoms with Crippen molar-refractivity contribution in [2.75, 3.05) is 44.0 Å². The number of piperidine rings is 1. The lowest BCUT2D eigenvalue weighted by molar-refractivity contribution is -0.384. The van der Waals surface area contributed by atoms with Gasteiger partial charge in [-0.15, -0.1) is 0 Å². The topological polar surface area (TPSA) is 101 Å². The Bertz CT molecular complexity index is 601. The van der Waals surface area contributed by atoms with E-state index in [1.807, 2.05) is 27.9 Å². The summed E-state index contributed by atoms with van der Waals surface area (Å²) in [7, 11) is 3.66. The van der Waals surface area contributed by atoms with E-state index in [1.165, 1.54) is 6.07 Å². The van der Waals surface area contributed by atoms with Gasteiger partial charge in [-0.1, -0.05) is 13.8 Å². The number of likely N-dealkylation sites (tertiary alicyclic amines) is 1. The monoisotopic (exact) mass is 367 g/mol. The van der Waals surface area contributed by atoms with Crippen molar-refractivity contribution in [2.24, 2.45) is 0 Å². The van der Waals surface area contributed by atoms with Gasteiger partial charge in [-0.3, -0.25) is 10.1 Å². The number of aromatic nitrogens is 1. The fourth-order valence-corrected chi connectivity index (χ4v) is 2.56. The molecule has 1 amide bonds. The molecule has 0 radical (unpaired) electrons. The summed E-state index contributed by atoms with van der Waals surface area (Å²) in [6.07, 6.45) is 1.06. The van der Waals surface area contributed by atoms with Crippen molar-refractivity contribution in [3.05, 3.63) is 22.2 Å². The van der Waals surface area contributed by atoms with E-state index >= 15 is 0 Å². The first-order valence-electron chi connectivity index (χ1n) is 8.93. The van der Waals surface area contributed by atoms with Gasteiger partial charge in [0, 0.05) is 39.3 Å². The maximum absolute atomic E-state index is 11.7. The number of carbonyl (C=O) groups is 1. The van der Waals surface area contributed by atoms with Crippen LogP contribution in [0.4, 0.5) is 22.1 Å². The van der Waals surface area contributed by atoms with Crippen molar-refractivity contribution in [3.8, 4) is 0 Å². The molecule has 1 aromatic heterocycles. The van der Waals surface area contributed by atoms with Crippen LogP contribution in [-0.4, -0.2) is 60.7 Å². The fraction of sp³-hybridized carbons (Fsp3) is 0.647. The zero-order valence-corrected chi connectivity index (χ0v) is 16.2. The number of pyridine rings is 1. The minimum Gasteiger partial charge on any atom is -0.450 e. The molecule has 0 spiro atoms. The average Bonchev–Trinajstić information content (AvgIpc) is 2.64. The Morgan fingerprint density at radius 2 is 2.00 bits per heavy atom. The lowest BCUT2D eigenvalue weighted by atomic mass is 10.1. The second-order valence-corrected chi connectivity index (χ2v) is 5.79. The molecule has 0 bridgehead atoms. The van der Waals surface area contributed by atoms with Crippen LogP contribution in [0.3, 0.4) is 0 Å². The number of nitro groups is 1. The first-order chi connectivity index (χ1) is 12.4. The highest BCUT2D eigenvalue weighted by Crippen LogP contribution is 2.27. The van der Waals surface area contributed by atoms with Crippen molar-refractivity contribution < 1.29 is 14.5 Å². The third kappa shape index (κ3) is 5.75. The number of anilines is 2. The highest BCUT2D eigenvalue weighted by atomic mass is 16.6. The van der Waals surface area contributed by atoms with Gasteiger partial charge in [-0.2, -0.15) is 0 Å². The number of carbonyl (C=O) groups excluding carboxylic acids is 1. The Hall–Kier alpha value is -2.58. The third-order valence-electron chi connectivity index (χ3n) is 3.88. The van der Waals surface area contributed by atoms with Crippen molar-refractivity contribution >= 4 is 23.4 Å². The summed E-state index contributed by atoms with van der Waals surface area (Å²) in [5, 5.41) is 14.4. The van der Waals surface area contributed by atoms with E-state index < -0.39 is 4.92 Å². The van der Waals surface area contributed by atoms with E-state index in [1.54, 1.807) is 22.8 Å². The molecule has 0 aliphatic carbocycles. The van der Waals surface area contributed by atoms with Gasteiger partial charge in [0.05, 0.1) is 11.5 Å². The predicted molar refractivity (Wildman–Crippen MR) is 102 cm³/mol. The highest BCUT2D eigenvalue weighted by Gasteiger charge is 2.26. The standard InChI is InChI=1S/C15H23N5O4.C2H6/c1-4-24-15(21)19-9-7-11(8-10-19)16-14-12(20(22)23)5-6-13(17-14)18(2)3;1-2/h5-6,11H,4,7-10H2,1-3H3,(H,16,17);1-2H3. The van der Waals surface area contributed by atoms with Crippen LogP contribution in [0.2, 0.25) is 0 Å². The molecule has 0 aromatic carbocycles. The van der Waals surface area contributed by atoms with Gasteiger partial charge >= 0.3 is 11.8 Å². The molecule has 9 heteroatoms. The number of amides is 1. The van der Waals surface area contributed by atoms with Crippen LogP contribution >= 0.6 is 0 Å². The molecule has 1 saturated heterocycles. The molecular weight excluding hydrogens is 338 g/mol. The van der Waals surface area contributed by atoms with Crippen LogP contribution in [0.25, 0.3) is 0 Å². The Morgan fingerprint density at radius 1 is 1.38 bits per heavy atom. The number of nitrogens with zero attached hydrogens (tertiary/aromatic N) is 4. The summed E-state index contributed by atoms with van der Waals surface area (Å²) < 4.78 is 4.99. The summed E-state index contributed by atoms with van der Waals surface area (Å²) in [6, 6.07) is 3.10. The Balaban J connectivity index is 0.00000163. The smallest absolute Gasteiger partial charge is 0.409 e. The van der Waals surface area contributed by atoms with Crippen LogP contribution in [0.1, 0.15) is 33.6 Å². The van der Waals surface area contributed by atoms with Crippen molar-refractivity contribution in [1.82, 2.24) is 9.88 Å². The molecule has 1 aliphatic rings. The number of hydrogen-bond donors (Lipinski definition) is 1. The van der Waals surface area contributed by atoms with Gasteiger partial charge in [0.2, 0.25) is 5.82 Å². The number of ether oxygens (including phenoxy) is 1. The first-order valence-corrected chi connectivity index (χ1v) is 8.93. The van der Waals surface area contributed by atoms with E-state index in [0.29, 0.717) is 38.4 Å². The number of hydrogen-bond acceptors (Lipinski definition) is 7. The molecular formula is C17H29N5O4. The molecule has 146 valence electrons. The lowest BCUT2D eigenvalue weighted by Gasteiger charge is -2.31. The van der Waals surface area contributed by atoms with E-state index in [4.69, 9.17) is 4.74 Å². The van der Waals surface area contributed by atoms with Crippen molar-refractivity contribution in [1.29, 1.82) is 0 Å². The van der Waals surface area contributed by atoms with E-state index in [2.05, 4.69) is 10.3 Å². The second-order valence-electron chi connectivity index (χ2n) is 5.79. The van der Waals surface area contributed by atoms with Gasteiger partial charge in [-0.25, -0.2) is 9.78 Å². The Morgan fingerprint density at radius 3 is 2.50 bits per heavy atom. The normalized spacial score (nSPS) is 14.1. The molecule has 1 fully saturated rings. The largest absolute Gasteiger partial charge is 0.450 e. The summed E-state index contributed by atoms with van der Waals surface area (Å²) in [6.45, 7) is 7.23. The zero-order valence-electron chi connectivity index (χ0n) is 16.2. The number of rotatable bonds is 5. The SMILES string of the molecule is CC.CCOC(=O)N1CCC(Nc2nc(N(C)C)ccc2[N+](=O)[O-])CC1. The lowest BCUT2D eigenvalue weighted by Crippen LogP contribution is -2.42. The molecule has 0 saturated carbocycles. The maximum atomic E-state index is 11.7. The summed E-state index contributed by atoms with van der Waals surface area (Å²) in [4.78, 5) is 30.2. The van der Waals surface area contributed by atoms with Gasteiger partial charge in [0.1, 0.15) is 5.82 Å². The highest BCUT2D eigenvalue weighted by molar-refractivity contribution is 5.67. The molecule has 0 unspecified atom stereocenters. The van der Waals surface area contributed by atoms with Gasteiger partial charge in [-0.05, 0) is 25.8 Å². The van der Waals surface area contributed by atoms with Crippen LogP contribution in [0.15, 0.2) is 12.1 Å². The zero-order chi connectivity index (χ0) is 19.7. The number of nitrogens with one attached hydrogen (secondary N) is 1. The Kier molecular flexibility index (Phi) is 8.60. The quantitative estimate of drug-likeness (QED) is 0.630. The molecule has 2 heterocycles. The van der Waals surface area contributed by atoms with Crippen LogP contribution in [-0.2, 0) is 4.74 Å². The summed E-state index contributed by atoms with van der Waals surface area (Å²) in [5.41, 5.74) is -0.0478. The van der Waals surface area contributed by atoms with Crippen molar-refractivity contribution in [2.45, 2.75) is 39.7 Å². The summed E-state index contributed by atoms with van der Waals surface area (Å²) >= 11 is 0. The van der Waals surface area contributed by atoms with Crippen LogP contribution in [0.5, 0.6) is 0 Å². The predicted octanol–water partition coefficient (Wildman–Crippen LogP) is 3.11. The minimum absolute atomic E-state index is 0.0271. The van der Waals surface area contributed by atoms with Crippen LogP contribution < -0.4 is 10.2 Å². The molecule has 9 nitrogen and oxygen atoms in total. The van der Waals surface area contributed by atoms with Crippen molar-refractivity contribution in [3.63, 3.8) is 0 Å². The molecule has 0 atom stereocenters. The fourth-order valence-electron chi connectivity index (χ4n) is 2.56. The maximum Gasteiger partial charge on any atom is 0.409 e. The van der Waals surface area contributed by atoms with Crippen LogP contribution in [0, 0.1) is 10.1 Å². The third-order valence-corrected chi connectivity index (χ3v) is 3.88.